The number of hydrogen-bond donors (Lipinski definition) is 2. The molecule has 1 fully saturated rings. The van der Waals surface area contributed by atoms with Crippen LogP contribution in [0.3, 0.4) is 0 Å². The Hall–Kier alpha value is -0.910. The van der Waals surface area contributed by atoms with Crippen molar-refractivity contribution in [3.8, 4) is 0 Å². The first-order chi connectivity index (χ1) is 8.50. The second-order valence-electron chi connectivity index (χ2n) is 4.94. The minimum Gasteiger partial charge on any atom is -0.326 e. The maximum atomic E-state index is 12.3. The summed E-state index contributed by atoms with van der Waals surface area (Å²) >= 11 is 0. The quantitative estimate of drug-likeness (QED) is 0.873. The van der Waals surface area contributed by atoms with Crippen molar-refractivity contribution in [2.24, 2.45) is 5.73 Å². The molecule has 3 N–H and O–H groups in total. The summed E-state index contributed by atoms with van der Waals surface area (Å²) in [4.78, 5) is 0.350. The first-order valence-corrected chi connectivity index (χ1v) is 7.82. The molecule has 0 amide bonds. The predicted octanol–water partition coefficient (Wildman–Crippen LogP) is 1.54. The number of nitrogens with two attached hydrogens (primary N) is 1. The molecule has 1 aliphatic rings. The van der Waals surface area contributed by atoms with Gasteiger partial charge >= 0.3 is 0 Å². The summed E-state index contributed by atoms with van der Waals surface area (Å²) in [6, 6.07) is 6.80. The molecule has 1 aromatic rings. The van der Waals surface area contributed by atoms with E-state index in [-0.39, 0.29) is 12.1 Å². The second-order valence-corrected chi connectivity index (χ2v) is 6.62. The topological polar surface area (TPSA) is 72.2 Å². The lowest BCUT2D eigenvalue weighted by Gasteiger charge is -2.29. The molecule has 2 atom stereocenters. The summed E-state index contributed by atoms with van der Waals surface area (Å²) in [5.41, 5.74) is 6.73. The zero-order valence-corrected chi connectivity index (χ0v) is 11.4. The van der Waals surface area contributed by atoms with Gasteiger partial charge in [0.2, 0.25) is 10.0 Å². The number of rotatable bonds is 3. The third-order valence-corrected chi connectivity index (χ3v) is 5.16. The molecule has 0 aliphatic heterocycles. The van der Waals surface area contributed by atoms with Gasteiger partial charge in [0.05, 0.1) is 4.90 Å². The summed E-state index contributed by atoms with van der Waals surface area (Å²) in [6.07, 6.45) is 3.84. The lowest BCUT2D eigenvalue weighted by Crippen LogP contribution is -2.49. The van der Waals surface area contributed by atoms with Gasteiger partial charge in [-0.25, -0.2) is 13.1 Å². The van der Waals surface area contributed by atoms with Gasteiger partial charge in [-0.05, 0) is 31.4 Å². The molecule has 0 heterocycles. The summed E-state index contributed by atoms with van der Waals surface area (Å²) in [7, 11) is -3.45. The minimum atomic E-state index is -3.45. The van der Waals surface area contributed by atoms with Gasteiger partial charge in [-0.15, -0.1) is 0 Å². The molecular weight excluding hydrogens is 248 g/mol. The van der Waals surface area contributed by atoms with E-state index in [0.717, 1.165) is 31.2 Å². The van der Waals surface area contributed by atoms with Crippen molar-refractivity contribution in [1.82, 2.24) is 4.72 Å². The molecule has 1 aliphatic carbocycles. The summed E-state index contributed by atoms with van der Waals surface area (Å²) in [5.74, 6) is 0. The highest BCUT2D eigenvalue weighted by Gasteiger charge is 2.27. The molecule has 0 radical (unpaired) electrons. The van der Waals surface area contributed by atoms with E-state index >= 15 is 0 Å². The maximum Gasteiger partial charge on any atom is 0.241 e. The van der Waals surface area contributed by atoms with Gasteiger partial charge < -0.3 is 5.73 Å². The van der Waals surface area contributed by atoms with Gasteiger partial charge in [-0.1, -0.05) is 31.0 Å². The first kappa shape index (κ1) is 13.5. The zero-order valence-electron chi connectivity index (χ0n) is 10.6. The number of aryl methyl sites for hydroxylation is 1. The highest BCUT2D eigenvalue weighted by molar-refractivity contribution is 7.89. The lowest BCUT2D eigenvalue weighted by atomic mass is 9.92. The van der Waals surface area contributed by atoms with Gasteiger partial charge in [-0.3, -0.25) is 0 Å². The van der Waals surface area contributed by atoms with Crippen molar-refractivity contribution in [2.45, 2.75) is 49.6 Å². The van der Waals surface area contributed by atoms with Gasteiger partial charge in [-0.2, -0.15) is 0 Å². The molecule has 0 saturated heterocycles. The molecular formula is C13H20N2O2S. The Labute approximate surface area is 109 Å². The zero-order chi connectivity index (χ0) is 13.2. The molecule has 100 valence electrons. The molecule has 0 aromatic heterocycles. The van der Waals surface area contributed by atoms with Gasteiger partial charge in [0.15, 0.2) is 0 Å². The van der Waals surface area contributed by atoms with Crippen LogP contribution in [0.5, 0.6) is 0 Å². The molecule has 4 nitrogen and oxygen atoms in total. The number of benzene rings is 1. The molecule has 5 heteroatoms. The molecule has 18 heavy (non-hydrogen) atoms. The highest BCUT2D eigenvalue weighted by Crippen LogP contribution is 2.20. The summed E-state index contributed by atoms with van der Waals surface area (Å²) in [6.45, 7) is 1.80. The van der Waals surface area contributed by atoms with Crippen LogP contribution in [0.1, 0.15) is 31.2 Å². The number of nitrogens with one attached hydrogen (secondary N) is 1. The van der Waals surface area contributed by atoms with Crippen molar-refractivity contribution in [3.63, 3.8) is 0 Å². The lowest BCUT2D eigenvalue weighted by molar-refractivity contribution is 0.361. The molecule has 1 saturated carbocycles. The van der Waals surface area contributed by atoms with E-state index in [1.807, 2.05) is 6.07 Å². The maximum absolute atomic E-state index is 12.3. The first-order valence-electron chi connectivity index (χ1n) is 6.34. The van der Waals surface area contributed by atoms with Crippen LogP contribution >= 0.6 is 0 Å². The van der Waals surface area contributed by atoms with Crippen LogP contribution < -0.4 is 10.5 Å². The van der Waals surface area contributed by atoms with Crippen molar-refractivity contribution in [1.29, 1.82) is 0 Å². The Kier molecular flexibility index (Phi) is 4.04. The fraction of sp³-hybridized carbons (Fsp3) is 0.538. The van der Waals surface area contributed by atoms with Gasteiger partial charge in [0, 0.05) is 12.1 Å². The van der Waals surface area contributed by atoms with Gasteiger partial charge in [0.25, 0.3) is 0 Å². The smallest absolute Gasteiger partial charge is 0.241 e. The second kappa shape index (κ2) is 5.38. The molecule has 0 spiro atoms. The van der Waals surface area contributed by atoms with Crippen molar-refractivity contribution < 1.29 is 8.42 Å². The van der Waals surface area contributed by atoms with Crippen LogP contribution in [0.4, 0.5) is 0 Å². The van der Waals surface area contributed by atoms with Crippen LogP contribution in [0.2, 0.25) is 0 Å². The number of sulfonamides is 1. The van der Waals surface area contributed by atoms with Crippen LogP contribution in [-0.4, -0.2) is 20.5 Å². The van der Waals surface area contributed by atoms with Gasteiger partial charge in [0.1, 0.15) is 0 Å². The largest absolute Gasteiger partial charge is 0.326 e. The molecule has 0 bridgehead atoms. The predicted molar refractivity (Wildman–Crippen MR) is 71.7 cm³/mol. The van der Waals surface area contributed by atoms with E-state index < -0.39 is 10.0 Å². The Morgan fingerprint density at radius 1 is 1.22 bits per heavy atom. The summed E-state index contributed by atoms with van der Waals surface area (Å²) in [5, 5.41) is 0. The van der Waals surface area contributed by atoms with E-state index in [1.165, 1.54) is 0 Å². The van der Waals surface area contributed by atoms with Crippen molar-refractivity contribution >= 4 is 10.0 Å². The Morgan fingerprint density at radius 2 is 1.89 bits per heavy atom. The third-order valence-electron chi connectivity index (χ3n) is 3.51. The summed E-state index contributed by atoms with van der Waals surface area (Å²) < 4.78 is 27.3. The normalized spacial score (nSPS) is 25.0. The van der Waals surface area contributed by atoms with Crippen LogP contribution in [0, 0.1) is 6.92 Å². The Morgan fingerprint density at radius 3 is 2.56 bits per heavy atom. The highest BCUT2D eigenvalue weighted by atomic mass is 32.2. The average molecular weight is 268 g/mol. The van der Waals surface area contributed by atoms with Crippen LogP contribution in [-0.2, 0) is 10.0 Å². The average Bonchev–Trinajstić information content (AvgIpc) is 2.32. The van der Waals surface area contributed by atoms with Crippen molar-refractivity contribution in [2.75, 3.05) is 0 Å². The fourth-order valence-corrected chi connectivity index (χ4v) is 3.99. The fourth-order valence-electron chi connectivity index (χ4n) is 2.43. The van der Waals surface area contributed by atoms with E-state index in [2.05, 4.69) is 4.72 Å². The van der Waals surface area contributed by atoms with Crippen LogP contribution in [0.15, 0.2) is 29.2 Å². The van der Waals surface area contributed by atoms with E-state index in [0.29, 0.717) is 4.90 Å². The van der Waals surface area contributed by atoms with Crippen LogP contribution in [0.25, 0.3) is 0 Å². The van der Waals surface area contributed by atoms with E-state index in [4.69, 9.17) is 5.73 Å². The minimum absolute atomic E-state index is 0.0717. The monoisotopic (exact) mass is 268 g/mol. The van der Waals surface area contributed by atoms with Crippen molar-refractivity contribution in [3.05, 3.63) is 29.8 Å². The molecule has 1 aromatic carbocycles. The number of hydrogen-bond acceptors (Lipinski definition) is 3. The molecule has 0 unspecified atom stereocenters. The van der Waals surface area contributed by atoms with E-state index in [9.17, 15) is 8.42 Å². The Bertz CT molecular complexity index is 513. The molecule has 2 rings (SSSR count). The van der Waals surface area contributed by atoms with E-state index in [1.54, 1.807) is 25.1 Å². The SMILES string of the molecule is Cc1ccccc1S(=O)(=O)N[C@@H]1CCCC[C@H]1N. The third kappa shape index (κ3) is 2.91. The Balaban J connectivity index is 2.19. The standard InChI is InChI=1S/C13H20N2O2S/c1-10-6-2-5-9-13(10)18(16,17)15-12-8-4-3-7-11(12)14/h2,5-6,9,11-12,15H,3-4,7-8,14H2,1H3/t11-,12-/m1/s1.